The molecule has 164 valence electrons. The van der Waals surface area contributed by atoms with Crippen LogP contribution >= 0.6 is 23.2 Å². The minimum absolute atomic E-state index is 0.00417. The molecule has 0 aliphatic heterocycles. The maximum Gasteiger partial charge on any atom is 0.185 e. The van der Waals surface area contributed by atoms with Gasteiger partial charge >= 0.3 is 0 Å². The summed E-state index contributed by atoms with van der Waals surface area (Å²) in [5.74, 6) is 0.770. The summed E-state index contributed by atoms with van der Waals surface area (Å²) in [5, 5.41) is 1.14. The molecule has 0 fully saturated rings. The van der Waals surface area contributed by atoms with Gasteiger partial charge in [0, 0.05) is 46.5 Å². The summed E-state index contributed by atoms with van der Waals surface area (Å²) in [4.78, 5) is 20.0. The second-order valence-electron chi connectivity index (χ2n) is 7.71. The first-order valence-electron chi connectivity index (χ1n) is 10.4. The molecule has 7 heteroatoms. The average Bonchev–Trinajstić information content (AvgIpc) is 3.27. The van der Waals surface area contributed by atoms with E-state index < -0.39 is 0 Å². The van der Waals surface area contributed by atoms with Crippen molar-refractivity contribution in [1.82, 2.24) is 14.5 Å². The highest BCUT2D eigenvalue weighted by Gasteiger charge is 2.13. The van der Waals surface area contributed by atoms with Gasteiger partial charge in [0.1, 0.15) is 5.82 Å². The molecule has 2 aromatic heterocycles. The van der Waals surface area contributed by atoms with Crippen LogP contribution in [-0.4, -0.2) is 14.5 Å². The topological polar surface area (TPSA) is 76.7 Å². The third kappa shape index (κ3) is 4.80. The number of nitrogens with two attached hydrogens (primary N) is 1. The van der Waals surface area contributed by atoms with E-state index in [0.717, 1.165) is 41.3 Å². The molecule has 5 nitrogen and oxygen atoms in total. The first-order chi connectivity index (χ1) is 15.5. The fraction of sp³-hybridized carbons (Fsp3) is 0.200. The summed E-state index contributed by atoms with van der Waals surface area (Å²) < 4.78 is 2.11. The highest BCUT2D eigenvalue weighted by Crippen LogP contribution is 2.27. The van der Waals surface area contributed by atoms with E-state index in [0.29, 0.717) is 28.6 Å². The number of aromatic amines is 1. The Balaban J connectivity index is 1.50. The Morgan fingerprint density at radius 2 is 1.75 bits per heavy atom. The van der Waals surface area contributed by atoms with Crippen molar-refractivity contribution in [3.63, 3.8) is 0 Å². The maximum absolute atomic E-state index is 12.6. The SMILES string of the molecule is Cc1c(Cc2c(Cl)cccc2Cl)c(=O)ccn1CCc1ccc(-c2cnc(CN)[nH]2)cc1. The van der Waals surface area contributed by atoms with Gasteiger partial charge in [0.25, 0.3) is 0 Å². The number of benzene rings is 2. The maximum atomic E-state index is 12.6. The molecule has 0 aliphatic rings. The summed E-state index contributed by atoms with van der Waals surface area (Å²) >= 11 is 12.7. The van der Waals surface area contributed by atoms with Crippen LogP contribution in [-0.2, 0) is 25.9 Å². The normalized spacial score (nSPS) is 11.1. The van der Waals surface area contributed by atoms with Crippen LogP contribution in [0.2, 0.25) is 10.0 Å². The lowest BCUT2D eigenvalue weighted by atomic mass is 10.0. The van der Waals surface area contributed by atoms with Crippen molar-refractivity contribution in [3.8, 4) is 11.3 Å². The molecular formula is C25H24Cl2N4O. The van der Waals surface area contributed by atoms with E-state index in [4.69, 9.17) is 28.9 Å². The second kappa shape index (κ2) is 9.74. The van der Waals surface area contributed by atoms with Gasteiger partial charge in [0.15, 0.2) is 5.43 Å². The molecular weight excluding hydrogens is 443 g/mol. The summed E-state index contributed by atoms with van der Waals surface area (Å²) in [7, 11) is 0. The molecule has 0 saturated carbocycles. The summed E-state index contributed by atoms with van der Waals surface area (Å²) in [6.45, 7) is 3.12. The monoisotopic (exact) mass is 466 g/mol. The fourth-order valence-electron chi connectivity index (χ4n) is 3.77. The zero-order valence-electron chi connectivity index (χ0n) is 17.7. The lowest BCUT2D eigenvalue weighted by Gasteiger charge is -2.15. The predicted molar refractivity (Wildman–Crippen MR) is 130 cm³/mol. The number of hydrogen-bond donors (Lipinski definition) is 2. The number of rotatable bonds is 7. The molecule has 4 aromatic rings. The molecule has 0 radical (unpaired) electrons. The first kappa shape index (κ1) is 22.3. The van der Waals surface area contributed by atoms with E-state index in [1.807, 2.05) is 13.1 Å². The van der Waals surface area contributed by atoms with Gasteiger partial charge in [-0.1, -0.05) is 53.5 Å². The van der Waals surface area contributed by atoms with Crippen molar-refractivity contribution in [2.75, 3.05) is 0 Å². The van der Waals surface area contributed by atoms with Crippen LogP contribution in [0, 0.1) is 6.92 Å². The van der Waals surface area contributed by atoms with Crippen LogP contribution in [0.15, 0.2) is 65.7 Å². The quantitative estimate of drug-likeness (QED) is 0.395. The van der Waals surface area contributed by atoms with Crippen molar-refractivity contribution in [3.05, 3.63) is 109 Å². The van der Waals surface area contributed by atoms with Gasteiger partial charge < -0.3 is 15.3 Å². The minimum Gasteiger partial charge on any atom is -0.351 e. The second-order valence-corrected chi connectivity index (χ2v) is 8.52. The van der Waals surface area contributed by atoms with Crippen molar-refractivity contribution in [2.24, 2.45) is 5.73 Å². The molecule has 3 N–H and O–H groups in total. The molecule has 4 rings (SSSR count). The largest absolute Gasteiger partial charge is 0.351 e. The Kier molecular flexibility index (Phi) is 6.80. The Hall–Kier alpha value is -2.86. The Bertz CT molecular complexity index is 1270. The van der Waals surface area contributed by atoms with Crippen LogP contribution in [0.5, 0.6) is 0 Å². The molecule has 0 spiro atoms. The van der Waals surface area contributed by atoms with Gasteiger partial charge in [-0.2, -0.15) is 0 Å². The highest BCUT2D eigenvalue weighted by atomic mass is 35.5. The molecule has 0 saturated heterocycles. The molecule has 2 aromatic carbocycles. The zero-order chi connectivity index (χ0) is 22.7. The van der Waals surface area contributed by atoms with Crippen LogP contribution in [0.25, 0.3) is 11.3 Å². The average molecular weight is 467 g/mol. The van der Waals surface area contributed by atoms with E-state index in [9.17, 15) is 4.79 Å². The van der Waals surface area contributed by atoms with Gasteiger partial charge in [-0.15, -0.1) is 0 Å². The minimum atomic E-state index is -0.00417. The third-order valence-corrected chi connectivity index (χ3v) is 6.42. The van der Waals surface area contributed by atoms with E-state index in [-0.39, 0.29) is 5.43 Å². The van der Waals surface area contributed by atoms with Crippen LogP contribution in [0.4, 0.5) is 0 Å². The van der Waals surface area contributed by atoms with Gasteiger partial charge in [-0.25, -0.2) is 4.98 Å². The fourth-order valence-corrected chi connectivity index (χ4v) is 4.30. The third-order valence-electron chi connectivity index (χ3n) is 5.71. The zero-order valence-corrected chi connectivity index (χ0v) is 19.2. The Morgan fingerprint density at radius 3 is 2.41 bits per heavy atom. The number of hydrogen-bond acceptors (Lipinski definition) is 3. The standard InChI is InChI=1S/C25H24Cl2N4O/c1-16-19(13-20-21(26)3-2-4-22(20)27)24(32)10-12-31(16)11-9-17-5-7-18(8-6-17)23-15-29-25(14-28)30-23/h2-8,10,12,15H,9,11,13-14,28H2,1H3,(H,29,30). The number of nitrogens with zero attached hydrogens (tertiary/aromatic N) is 2. The Morgan fingerprint density at radius 1 is 1.03 bits per heavy atom. The summed E-state index contributed by atoms with van der Waals surface area (Å²) in [6, 6.07) is 15.4. The number of imidazole rings is 1. The first-order valence-corrected chi connectivity index (χ1v) is 11.2. The van der Waals surface area contributed by atoms with Gasteiger partial charge in [-0.3, -0.25) is 4.79 Å². The molecule has 0 aliphatic carbocycles. The number of halogens is 2. The van der Waals surface area contributed by atoms with E-state index >= 15 is 0 Å². The highest BCUT2D eigenvalue weighted by molar-refractivity contribution is 6.36. The number of H-pyrrole nitrogens is 1. The predicted octanol–water partition coefficient (Wildman–Crippen LogP) is 5.15. The van der Waals surface area contributed by atoms with Gasteiger partial charge in [-0.05, 0) is 42.2 Å². The molecule has 0 atom stereocenters. The smallest absolute Gasteiger partial charge is 0.185 e. The van der Waals surface area contributed by atoms with Crippen molar-refractivity contribution < 1.29 is 0 Å². The van der Waals surface area contributed by atoms with Gasteiger partial charge in [0.05, 0.1) is 18.4 Å². The lowest BCUT2D eigenvalue weighted by molar-refractivity contribution is 0.662. The lowest BCUT2D eigenvalue weighted by Crippen LogP contribution is -2.18. The van der Waals surface area contributed by atoms with Crippen molar-refractivity contribution in [1.29, 1.82) is 0 Å². The van der Waals surface area contributed by atoms with E-state index in [1.54, 1.807) is 30.5 Å². The van der Waals surface area contributed by atoms with Gasteiger partial charge in [0.2, 0.25) is 0 Å². The number of pyridine rings is 1. The number of aryl methyl sites for hydroxylation is 2. The molecule has 0 amide bonds. The van der Waals surface area contributed by atoms with Crippen molar-refractivity contribution >= 4 is 23.2 Å². The van der Waals surface area contributed by atoms with E-state index in [1.165, 1.54) is 5.56 Å². The summed E-state index contributed by atoms with van der Waals surface area (Å²) in [5.41, 5.74) is 11.3. The van der Waals surface area contributed by atoms with Crippen LogP contribution < -0.4 is 11.2 Å². The summed E-state index contributed by atoms with van der Waals surface area (Å²) in [6.07, 6.45) is 4.90. The molecule has 32 heavy (non-hydrogen) atoms. The number of nitrogens with one attached hydrogen (secondary N) is 1. The van der Waals surface area contributed by atoms with Crippen molar-refractivity contribution in [2.45, 2.75) is 32.9 Å². The van der Waals surface area contributed by atoms with E-state index in [2.05, 4.69) is 38.8 Å². The molecule has 0 bridgehead atoms. The van der Waals surface area contributed by atoms with Crippen LogP contribution in [0.1, 0.15) is 28.2 Å². The van der Waals surface area contributed by atoms with Crippen LogP contribution in [0.3, 0.4) is 0 Å². The number of aromatic nitrogens is 3. The molecule has 2 heterocycles. The molecule has 0 unspecified atom stereocenters. The Labute approximate surface area is 196 Å².